The first-order chi connectivity index (χ1) is 14.3. The predicted molar refractivity (Wildman–Crippen MR) is 121 cm³/mol. The predicted octanol–water partition coefficient (Wildman–Crippen LogP) is 5.48. The smallest absolute Gasteiger partial charge is 0.0964 e. The zero-order chi connectivity index (χ0) is 19.6. The van der Waals surface area contributed by atoms with E-state index in [-0.39, 0.29) is 17.1 Å². The van der Waals surface area contributed by atoms with Crippen LogP contribution in [0.25, 0.3) is 38.8 Å². The maximum Gasteiger partial charge on any atom is 0.0964 e. The van der Waals surface area contributed by atoms with Crippen molar-refractivity contribution in [2.75, 3.05) is 18.5 Å². The second kappa shape index (κ2) is 8.62. The molecule has 4 heterocycles. The Morgan fingerprint density at radius 1 is 0.667 bits per heavy atom. The number of hydrogen-bond donors (Lipinski definition) is 0. The third-order valence-electron chi connectivity index (χ3n) is 5.18. The van der Waals surface area contributed by atoms with Gasteiger partial charge in [0.2, 0.25) is 0 Å². The summed E-state index contributed by atoms with van der Waals surface area (Å²) in [7, 11) is 2.11. The van der Waals surface area contributed by atoms with Crippen LogP contribution in [0.2, 0.25) is 0 Å². The summed E-state index contributed by atoms with van der Waals surface area (Å²) in [6.07, 6.45) is 9.81. The van der Waals surface area contributed by atoms with Crippen molar-refractivity contribution < 1.29 is 17.1 Å². The summed E-state index contributed by atoms with van der Waals surface area (Å²) >= 11 is 0. The molecule has 0 spiro atoms. The van der Waals surface area contributed by atoms with E-state index in [0.29, 0.717) is 0 Å². The molecule has 0 saturated carbocycles. The van der Waals surface area contributed by atoms with Crippen molar-refractivity contribution in [1.82, 2.24) is 15.0 Å². The summed E-state index contributed by atoms with van der Waals surface area (Å²) in [6.45, 7) is 0.961. The Morgan fingerprint density at radius 2 is 1.17 bits per heavy atom. The molecule has 1 aliphatic rings. The van der Waals surface area contributed by atoms with Crippen LogP contribution in [0, 0.1) is 0 Å². The van der Waals surface area contributed by atoms with Crippen LogP contribution in [0.4, 0.5) is 5.69 Å². The normalized spacial score (nSPS) is 12.2. The van der Waals surface area contributed by atoms with Gasteiger partial charge >= 0.3 is 0 Å². The molecule has 0 atom stereocenters. The fourth-order valence-corrected chi connectivity index (χ4v) is 3.79. The molecule has 6 rings (SSSR count). The number of aromatic nitrogens is 3. The molecular weight excluding hydrogens is 420 g/mol. The van der Waals surface area contributed by atoms with Gasteiger partial charge in [-0.05, 0) is 23.8 Å². The number of pyridine rings is 3. The zero-order valence-electron chi connectivity index (χ0n) is 16.5. The minimum Gasteiger partial charge on any atom is -0.369 e. The van der Waals surface area contributed by atoms with Crippen molar-refractivity contribution in [2.45, 2.75) is 0 Å². The fraction of sp³-hybridized carbons (Fsp3) is 0.0800. The van der Waals surface area contributed by atoms with Gasteiger partial charge in [0.15, 0.2) is 0 Å². The molecule has 30 heavy (non-hydrogen) atoms. The fourth-order valence-electron chi connectivity index (χ4n) is 3.79. The SMILES string of the molecule is CN1CC=Cc2ccc3cccnc3c21.[Cu].c1cnc2c(c1)ccc1cccnc12. The van der Waals surface area contributed by atoms with E-state index in [9.17, 15) is 0 Å². The Labute approximate surface area is 185 Å². The summed E-state index contributed by atoms with van der Waals surface area (Å²) in [5, 5.41) is 3.48. The van der Waals surface area contributed by atoms with Gasteiger partial charge < -0.3 is 4.90 Å². The van der Waals surface area contributed by atoms with Crippen molar-refractivity contribution in [3.05, 3.63) is 90.9 Å². The number of fused-ring (bicyclic) bond motifs is 6. The molecule has 0 amide bonds. The third-order valence-corrected chi connectivity index (χ3v) is 5.18. The Morgan fingerprint density at radius 3 is 1.77 bits per heavy atom. The monoisotopic (exact) mass is 439 g/mol. The topological polar surface area (TPSA) is 41.9 Å². The molecule has 0 fully saturated rings. The van der Waals surface area contributed by atoms with Crippen LogP contribution in [0.3, 0.4) is 0 Å². The van der Waals surface area contributed by atoms with Gasteiger partial charge in [-0.3, -0.25) is 15.0 Å². The van der Waals surface area contributed by atoms with Crippen molar-refractivity contribution >= 4 is 44.5 Å². The molecule has 2 aromatic carbocycles. The number of benzene rings is 2. The van der Waals surface area contributed by atoms with Gasteiger partial charge in [0.05, 0.1) is 22.2 Å². The van der Waals surface area contributed by atoms with Gasteiger partial charge in [-0.2, -0.15) is 0 Å². The average molecular weight is 440 g/mol. The molecule has 1 radical (unpaired) electrons. The standard InChI is InChI=1S/C13H12N2.C12H8N2.Cu/c1-15-9-3-5-11-7-6-10-4-2-8-14-12(10)13(11)15;1-3-9-5-6-10-4-2-8-14-12(10)11(9)13-7-1;/h2-8H,9H2,1H3;1-8H;. The molecule has 0 saturated heterocycles. The van der Waals surface area contributed by atoms with Crippen LogP contribution >= 0.6 is 0 Å². The van der Waals surface area contributed by atoms with Crippen LogP contribution in [0.5, 0.6) is 0 Å². The number of hydrogen-bond acceptors (Lipinski definition) is 4. The molecule has 5 heteroatoms. The summed E-state index contributed by atoms with van der Waals surface area (Å²) in [6, 6.07) is 20.5. The summed E-state index contributed by atoms with van der Waals surface area (Å²) in [5.74, 6) is 0. The minimum absolute atomic E-state index is 0. The maximum atomic E-state index is 4.47. The van der Waals surface area contributed by atoms with E-state index >= 15 is 0 Å². The average Bonchev–Trinajstić information content (AvgIpc) is 2.79. The van der Waals surface area contributed by atoms with Crippen molar-refractivity contribution in [2.24, 2.45) is 0 Å². The van der Waals surface area contributed by atoms with Gasteiger partial charge in [-0.15, -0.1) is 0 Å². The molecule has 5 aromatic rings. The van der Waals surface area contributed by atoms with Crippen LogP contribution < -0.4 is 4.90 Å². The van der Waals surface area contributed by atoms with E-state index in [2.05, 4.69) is 81.5 Å². The van der Waals surface area contributed by atoms with E-state index in [1.54, 1.807) is 12.4 Å². The Hall–Kier alpha value is -3.27. The summed E-state index contributed by atoms with van der Waals surface area (Å²) < 4.78 is 0. The number of likely N-dealkylation sites (N-methyl/N-ethyl adjacent to an activating group) is 1. The van der Waals surface area contributed by atoms with Crippen LogP contribution in [0.1, 0.15) is 5.56 Å². The quantitative estimate of drug-likeness (QED) is 0.237. The van der Waals surface area contributed by atoms with Crippen LogP contribution in [-0.2, 0) is 17.1 Å². The van der Waals surface area contributed by atoms with Gasteiger partial charge in [0.1, 0.15) is 0 Å². The van der Waals surface area contributed by atoms with Crippen LogP contribution in [0.15, 0.2) is 85.3 Å². The molecule has 0 unspecified atom stereocenters. The third kappa shape index (κ3) is 3.65. The van der Waals surface area contributed by atoms with Crippen molar-refractivity contribution in [3.63, 3.8) is 0 Å². The Bertz CT molecular complexity index is 1310. The van der Waals surface area contributed by atoms with Gasteiger partial charge in [0, 0.05) is 65.4 Å². The first kappa shape index (κ1) is 20.0. The maximum absolute atomic E-state index is 4.47. The van der Waals surface area contributed by atoms with Gasteiger partial charge in [0.25, 0.3) is 0 Å². The van der Waals surface area contributed by atoms with Crippen molar-refractivity contribution in [1.29, 1.82) is 0 Å². The van der Waals surface area contributed by atoms with E-state index in [1.807, 2.05) is 24.4 Å². The number of anilines is 1. The molecule has 3 aromatic heterocycles. The molecule has 4 nitrogen and oxygen atoms in total. The molecule has 1 aliphatic heterocycles. The van der Waals surface area contributed by atoms with Crippen molar-refractivity contribution in [3.8, 4) is 0 Å². The zero-order valence-corrected chi connectivity index (χ0v) is 17.4. The van der Waals surface area contributed by atoms with E-state index in [4.69, 9.17) is 0 Å². The molecule has 0 aliphatic carbocycles. The number of rotatable bonds is 0. The van der Waals surface area contributed by atoms with E-state index in [0.717, 1.165) is 33.9 Å². The first-order valence-electron chi connectivity index (χ1n) is 9.65. The molecule has 0 N–H and O–H groups in total. The molecular formula is C25H20CuN4. The number of nitrogens with zero attached hydrogens (tertiary/aromatic N) is 4. The largest absolute Gasteiger partial charge is 0.369 e. The van der Waals surface area contributed by atoms with Crippen LogP contribution in [-0.4, -0.2) is 28.5 Å². The Balaban J connectivity index is 0.000000141. The second-order valence-corrected chi connectivity index (χ2v) is 7.08. The first-order valence-corrected chi connectivity index (χ1v) is 9.65. The van der Waals surface area contributed by atoms with E-state index < -0.39 is 0 Å². The molecule has 0 bridgehead atoms. The van der Waals surface area contributed by atoms with Gasteiger partial charge in [-0.1, -0.05) is 54.6 Å². The second-order valence-electron chi connectivity index (χ2n) is 7.08. The van der Waals surface area contributed by atoms with E-state index in [1.165, 1.54) is 16.6 Å². The minimum atomic E-state index is 0. The Kier molecular flexibility index (Phi) is 5.75. The summed E-state index contributed by atoms with van der Waals surface area (Å²) in [4.78, 5) is 15.4. The molecule has 151 valence electrons. The van der Waals surface area contributed by atoms with Gasteiger partial charge in [-0.25, -0.2) is 0 Å². The summed E-state index contributed by atoms with van der Waals surface area (Å²) in [5.41, 5.74) is 5.56.